The number of amides is 5. The van der Waals surface area contributed by atoms with Crippen molar-refractivity contribution in [3.63, 3.8) is 0 Å². The van der Waals surface area contributed by atoms with E-state index in [9.17, 15) is 14.4 Å². The number of rotatable bonds is 1. The molecule has 0 aromatic heterocycles. The summed E-state index contributed by atoms with van der Waals surface area (Å²) in [4.78, 5) is 36.1. The first kappa shape index (κ1) is 12.5. The van der Waals surface area contributed by atoms with Gasteiger partial charge in [-0.1, -0.05) is 6.07 Å². The molecule has 0 atom stereocenters. The van der Waals surface area contributed by atoms with E-state index in [1.54, 1.807) is 12.1 Å². The Balaban J connectivity index is 1.78. The van der Waals surface area contributed by atoms with E-state index >= 15 is 0 Å². The zero-order valence-corrected chi connectivity index (χ0v) is 10.7. The predicted octanol–water partition coefficient (Wildman–Crippen LogP) is 0.530. The molecule has 7 heteroatoms. The van der Waals surface area contributed by atoms with Crippen LogP contribution in [0.1, 0.15) is 15.9 Å². The Hall–Kier alpha value is -2.57. The van der Waals surface area contributed by atoms with Gasteiger partial charge in [0.1, 0.15) is 0 Å². The fourth-order valence-electron chi connectivity index (χ4n) is 2.35. The molecule has 0 bridgehead atoms. The van der Waals surface area contributed by atoms with Crippen LogP contribution in [0.4, 0.5) is 15.3 Å². The van der Waals surface area contributed by atoms with Crippen molar-refractivity contribution in [2.45, 2.75) is 6.42 Å². The minimum Gasteiger partial charge on any atom is -0.352 e. The number of carbonyl (C=O) groups excluding carboxylic acids is 3. The van der Waals surface area contributed by atoms with Crippen molar-refractivity contribution >= 4 is 23.7 Å². The Labute approximate surface area is 115 Å². The third-order valence-electron chi connectivity index (χ3n) is 3.39. The highest BCUT2D eigenvalue weighted by Crippen LogP contribution is 2.19. The van der Waals surface area contributed by atoms with E-state index in [2.05, 4.69) is 16.0 Å². The van der Waals surface area contributed by atoms with Crippen LogP contribution in [0.2, 0.25) is 0 Å². The van der Waals surface area contributed by atoms with Crippen molar-refractivity contribution in [2.24, 2.45) is 0 Å². The molecular weight excluding hydrogens is 260 g/mol. The molecule has 104 valence electrons. The number of carbonyl (C=O) groups is 3. The highest BCUT2D eigenvalue weighted by atomic mass is 16.2. The SMILES string of the molecule is O=C1NCCc2ccc(NC(=O)N3CCNC3=O)cc21. The molecule has 1 aromatic carbocycles. The van der Waals surface area contributed by atoms with E-state index in [0.29, 0.717) is 30.9 Å². The van der Waals surface area contributed by atoms with E-state index in [0.717, 1.165) is 16.9 Å². The molecule has 7 nitrogen and oxygen atoms in total. The second-order valence-corrected chi connectivity index (χ2v) is 4.69. The summed E-state index contributed by atoms with van der Waals surface area (Å²) in [5, 5.41) is 7.94. The van der Waals surface area contributed by atoms with Crippen LogP contribution < -0.4 is 16.0 Å². The van der Waals surface area contributed by atoms with E-state index in [4.69, 9.17) is 0 Å². The molecule has 20 heavy (non-hydrogen) atoms. The van der Waals surface area contributed by atoms with Crippen molar-refractivity contribution in [1.29, 1.82) is 0 Å². The van der Waals surface area contributed by atoms with Gasteiger partial charge in [-0.2, -0.15) is 0 Å². The van der Waals surface area contributed by atoms with Crippen molar-refractivity contribution in [3.05, 3.63) is 29.3 Å². The summed E-state index contributed by atoms with van der Waals surface area (Å²) in [5.74, 6) is -0.138. The molecule has 0 radical (unpaired) electrons. The lowest BCUT2D eigenvalue weighted by Crippen LogP contribution is -2.37. The molecule has 2 aliphatic rings. The minimum atomic E-state index is -0.490. The monoisotopic (exact) mass is 274 g/mol. The van der Waals surface area contributed by atoms with Crippen LogP contribution in [0.3, 0.4) is 0 Å². The maximum absolute atomic E-state index is 11.9. The molecule has 3 rings (SSSR count). The number of urea groups is 2. The highest BCUT2D eigenvalue weighted by molar-refractivity contribution is 6.03. The number of nitrogens with one attached hydrogen (secondary N) is 3. The van der Waals surface area contributed by atoms with E-state index in [1.165, 1.54) is 0 Å². The van der Waals surface area contributed by atoms with Crippen molar-refractivity contribution < 1.29 is 14.4 Å². The summed E-state index contributed by atoms with van der Waals surface area (Å²) in [6.07, 6.45) is 0.782. The molecule has 5 amide bonds. The van der Waals surface area contributed by atoms with Crippen LogP contribution in [-0.4, -0.2) is 42.5 Å². The molecule has 0 aliphatic carbocycles. The van der Waals surface area contributed by atoms with Gasteiger partial charge in [0.15, 0.2) is 0 Å². The number of imide groups is 1. The Bertz CT molecular complexity index is 599. The lowest BCUT2D eigenvalue weighted by atomic mass is 10.00. The Morgan fingerprint density at radius 3 is 2.80 bits per heavy atom. The molecule has 2 aliphatic heterocycles. The fourth-order valence-corrected chi connectivity index (χ4v) is 2.35. The summed E-state index contributed by atoms with van der Waals surface area (Å²) < 4.78 is 0. The number of hydrogen-bond donors (Lipinski definition) is 3. The van der Waals surface area contributed by atoms with Gasteiger partial charge in [-0.05, 0) is 24.1 Å². The first-order valence-electron chi connectivity index (χ1n) is 6.42. The molecule has 1 aromatic rings. The largest absolute Gasteiger partial charge is 0.352 e. The highest BCUT2D eigenvalue weighted by Gasteiger charge is 2.26. The normalized spacial score (nSPS) is 17.3. The average molecular weight is 274 g/mol. The first-order chi connectivity index (χ1) is 9.65. The average Bonchev–Trinajstić information content (AvgIpc) is 2.86. The number of nitrogens with zero attached hydrogens (tertiary/aromatic N) is 1. The number of fused-ring (bicyclic) bond motifs is 1. The van der Waals surface area contributed by atoms with Crippen LogP contribution >= 0.6 is 0 Å². The number of hydrogen-bond acceptors (Lipinski definition) is 3. The summed E-state index contributed by atoms with van der Waals surface area (Å²) in [6.45, 7) is 1.43. The quantitative estimate of drug-likeness (QED) is 0.697. The van der Waals surface area contributed by atoms with E-state index in [-0.39, 0.29) is 5.91 Å². The lowest BCUT2D eigenvalue weighted by molar-refractivity contribution is 0.0946. The maximum Gasteiger partial charge on any atom is 0.330 e. The van der Waals surface area contributed by atoms with E-state index in [1.807, 2.05) is 6.07 Å². The van der Waals surface area contributed by atoms with Gasteiger partial charge in [-0.15, -0.1) is 0 Å². The van der Waals surface area contributed by atoms with Gasteiger partial charge in [0.25, 0.3) is 5.91 Å². The summed E-state index contributed by atoms with van der Waals surface area (Å²) >= 11 is 0. The topological polar surface area (TPSA) is 90.5 Å². The smallest absolute Gasteiger partial charge is 0.330 e. The van der Waals surface area contributed by atoms with Gasteiger partial charge in [0.05, 0.1) is 0 Å². The molecule has 0 saturated carbocycles. The second kappa shape index (κ2) is 4.84. The van der Waals surface area contributed by atoms with Crippen LogP contribution in [0.25, 0.3) is 0 Å². The first-order valence-corrected chi connectivity index (χ1v) is 6.42. The third-order valence-corrected chi connectivity index (χ3v) is 3.39. The molecule has 3 N–H and O–H groups in total. The fraction of sp³-hybridized carbons (Fsp3) is 0.308. The standard InChI is InChI=1S/C13H14N4O3/c18-11-10-7-9(2-1-8(10)3-4-14-11)16-13(20)17-6-5-15-12(17)19/h1-2,7H,3-6H2,(H,14,18)(H,15,19)(H,16,20). The van der Waals surface area contributed by atoms with Crippen LogP contribution in [0.15, 0.2) is 18.2 Å². The molecule has 1 saturated heterocycles. The van der Waals surface area contributed by atoms with Crippen molar-refractivity contribution in [2.75, 3.05) is 25.0 Å². The predicted molar refractivity (Wildman–Crippen MR) is 71.6 cm³/mol. The Morgan fingerprint density at radius 2 is 2.05 bits per heavy atom. The zero-order valence-electron chi connectivity index (χ0n) is 10.7. The van der Waals surface area contributed by atoms with Gasteiger partial charge in [0, 0.05) is 30.9 Å². The second-order valence-electron chi connectivity index (χ2n) is 4.69. The maximum atomic E-state index is 11.9. The van der Waals surface area contributed by atoms with Crippen LogP contribution in [-0.2, 0) is 6.42 Å². The number of anilines is 1. The van der Waals surface area contributed by atoms with Crippen molar-refractivity contribution in [1.82, 2.24) is 15.5 Å². The van der Waals surface area contributed by atoms with Gasteiger partial charge >= 0.3 is 12.1 Å². The molecule has 0 spiro atoms. The molecule has 1 fully saturated rings. The van der Waals surface area contributed by atoms with Gasteiger partial charge in [-0.25, -0.2) is 14.5 Å². The molecule has 2 heterocycles. The van der Waals surface area contributed by atoms with Crippen molar-refractivity contribution in [3.8, 4) is 0 Å². The van der Waals surface area contributed by atoms with E-state index < -0.39 is 12.1 Å². The zero-order chi connectivity index (χ0) is 14.1. The summed E-state index contributed by atoms with van der Waals surface area (Å²) in [5.41, 5.74) is 2.04. The van der Waals surface area contributed by atoms with Gasteiger partial charge in [-0.3, -0.25) is 4.79 Å². The number of benzene rings is 1. The molecular formula is C13H14N4O3. The molecule has 0 unspecified atom stereocenters. The Morgan fingerprint density at radius 1 is 1.20 bits per heavy atom. The van der Waals surface area contributed by atoms with Crippen LogP contribution in [0, 0.1) is 0 Å². The summed E-state index contributed by atoms with van der Waals surface area (Å²) in [6, 6.07) is 4.31. The lowest BCUT2D eigenvalue weighted by Gasteiger charge is -2.18. The Kier molecular flexibility index (Phi) is 3.02. The van der Waals surface area contributed by atoms with Gasteiger partial charge in [0.2, 0.25) is 0 Å². The minimum absolute atomic E-state index is 0.138. The van der Waals surface area contributed by atoms with Gasteiger partial charge < -0.3 is 16.0 Å². The third kappa shape index (κ3) is 2.18. The van der Waals surface area contributed by atoms with Crippen LogP contribution in [0.5, 0.6) is 0 Å². The summed E-state index contributed by atoms with van der Waals surface area (Å²) in [7, 11) is 0.